The molecule has 0 saturated carbocycles. The average molecular weight is 656 g/mol. The number of benzene rings is 3. The van der Waals surface area contributed by atoms with E-state index in [2.05, 4.69) is 15.4 Å². The smallest absolute Gasteiger partial charge is 0.276 e. The number of pyridine rings is 1. The van der Waals surface area contributed by atoms with Crippen molar-refractivity contribution in [3.05, 3.63) is 77.1 Å². The monoisotopic (exact) mass is 655 g/mol. The summed E-state index contributed by atoms with van der Waals surface area (Å²) in [6, 6.07) is 12.2. The molecule has 48 heavy (non-hydrogen) atoms. The fraction of sp³-hybridized carbons (Fsp3) is 0.242. The van der Waals surface area contributed by atoms with Gasteiger partial charge in [-0.2, -0.15) is 0 Å². The Hall–Kier alpha value is -5.13. The van der Waals surface area contributed by atoms with Crippen molar-refractivity contribution in [1.82, 2.24) is 25.0 Å². The number of ether oxygens (including phenoxy) is 1. The van der Waals surface area contributed by atoms with E-state index in [1.807, 2.05) is 0 Å². The minimum absolute atomic E-state index is 0.0248. The number of nitrogens with zero attached hydrogens (tertiary/aromatic N) is 3. The van der Waals surface area contributed by atoms with Crippen molar-refractivity contribution >= 4 is 55.4 Å². The Labute approximate surface area is 269 Å². The number of H-pyrrole nitrogens is 1. The number of carbonyl (C=O) groups excluding carboxylic acids is 2. The SMILES string of the molecule is O=C1c2c(c3c4ccc(O)cc4n([C@@H]4O[C@H](CO)[C@@H](O)[C@H](O)[C@H]4O)c3c3[nH]c4cc(O)ccc4c23)C(=O)N1NCc1ccc(CO)nc1. The van der Waals surface area contributed by atoms with E-state index >= 15 is 0 Å². The molecule has 246 valence electrons. The van der Waals surface area contributed by atoms with Crippen LogP contribution in [-0.4, -0.2) is 98.1 Å². The maximum absolute atomic E-state index is 14.4. The molecule has 5 heterocycles. The number of rotatable bonds is 6. The summed E-state index contributed by atoms with van der Waals surface area (Å²) in [5.41, 5.74) is 5.35. The van der Waals surface area contributed by atoms with E-state index in [0.29, 0.717) is 38.4 Å². The van der Waals surface area contributed by atoms with E-state index in [1.165, 1.54) is 35.0 Å². The number of aliphatic hydroxyl groups excluding tert-OH is 5. The second-order valence-electron chi connectivity index (χ2n) is 12.0. The molecule has 1 saturated heterocycles. The third-order valence-corrected chi connectivity index (χ3v) is 9.20. The van der Waals surface area contributed by atoms with Crippen molar-refractivity contribution in [2.75, 3.05) is 6.61 Å². The van der Waals surface area contributed by atoms with E-state index in [-0.39, 0.29) is 52.2 Å². The van der Waals surface area contributed by atoms with Gasteiger partial charge in [0.25, 0.3) is 11.8 Å². The number of hydrogen-bond acceptors (Lipinski definition) is 12. The molecule has 6 aromatic rings. The predicted octanol–water partition coefficient (Wildman–Crippen LogP) is 1.00. The van der Waals surface area contributed by atoms with Gasteiger partial charge in [-0.1, -0.05) is 6.07 Å². The molecule has 0 radical (unpaired) electrons. The highest BCUT2D eigenvalue weighted by Crippen LogP contribution is 2.47. The Bertz CT molecular complexity index is 2300. The molecule has 0 spiro atoms. The number of fused-ring (bicyclic) bond motifs is 10. The van der Waals surface area contributed by atoms with Crippen LogP contribution in [0, 0.1) is 0 Å². The number of hydrogen-bond donors (Lipinski definition) is 9. The first-order valence-corrected chi connectivity index (χ1v) is 15.1. The lowest BCUT2D eigenvalue weighted by molar-refractivity contribution is -0.249. The zero-order valence-electron chi connectivity index (χ0n) is 24.9. The summed E-state index contributed by atoms with van der Waals surface area (Å²) in [5.74, 6) is -1.57. The van der Waals surface area contributed by atoms with Gasteiger partial charge < -0.3 is 50.0 Å². The van der Waals surface area contributed by atoms with Gasteiger partial charge in [0.2, 0.25) is 0 Å². The Kier molecular flexibility index (Phi) is 6.90. The van der Waals surface area contributed by atoms with Crippen LogP contribution in [0.4, 0.5) is 0 Å². The minimum Gasteiger partial charge on any atom is -0.508 e. The largest absolute Gasteiger partial charge is 0.508 e. The summed E-state index contributed by atoms with van der Waals surface area (Å²) in [7, 11) is 0. The second-order valence-corrected chi connectivity index (χ2v) is 12.0. The van der Waals surface area contributed by atoms with Gasteiger partial charge in [-0.15, -0.1) is 0 Å². The summed E-state index contributed by atoms with van der Waals surface area (Å²) in [4.78, 5) is 36.0. The maximum Gasteiger partial charge on any atom is 0.276 e. The van der Waals surface area contributed by atoms with E-state index in [9.17, 15) is 45.3 Å². The number of imide groups is 1. The molecular weight excluding hydrogens is 626 g/mol. The number of aromatic amines is 1. The standard InChI is InChI=1S/C33H29N5O10/c39-11-14-2-1-13(9-34-14)10-35-38-31(46)24-22-17-5-3-15(41)7-19(17)36-26(22)27-23(25(24)32(38)47)18-6-4-16(42)8-20(18)37(27)33-30(45)29(44)28(43)21(12-40)48-33/h1-9,21,28-30,33,35-36,39-45H,10-12H2/t21-,28-,29+,30-,33-/m1/s1. The number of aliphatic hydroxyl groups is 5. The van der Waals surface area contributed by atoms with Crippen molar-refractivity contribution in [3.63, 3.8) is 0 Å². The Morgan fingerprint density at radius 1 is 0.854 bits per heavy atom. The number of aromatic nitrogens is 3. The summed E-state index contributed by atoms with van der Waals surface area (Å²) in [6.45, 7) is -0.889. The van der Waals surface area contributed by atoms with Crippen LogP contribution < -0.4 is 5.43 Å². The molecule has 1 fully saturated rings. The van der Waals surface area contributed by atoms with Crippen LogP contribution in [0.5, 0.6) is 11.5 Å². The van der Waals surface area contributed by atoms with E-state index in [4.69, 9.17) is 4.74 Å². The fourth-order valence-corrected chi connectivity index (χ4v) is 6.94. The average Bonchev–Trinajstić information content (AvgIpc) is 3.69. The molecule has 8 rings (SSSR count). The first-order valence-electron chi connectivity index (χ1n) is 15.1. The number of phenols is 2. The van der Waals surface area contributed by atoms with Crippen LogP contribution in [0.25, 0.3) is 43.6 Å². The molecule has 0 unspecified atom stereocenters. The summed E-state index contributed by atoms with van der Waals surface area (Å²) in [6.07, 6.45) is -6.32. The van der Waals surface area contributed by atoms with Gasteiger partial charge in [-0.25, -0.2) is 10.4 Å². The van der Waals surface area contributed by atoms with Gasteiger partial charge in [0.05, 0.1) is 52.1 Å². The molecule has 0 aliphatic carbocycles. The van der Waals surface area contributed by atoms with Gasteiger partial charge >= 0.3 is 0 Å². The minimum atomic E-state index is -1.74. The topological polar surface area (TPSA) is 234 Å². The predicted molar refractivity (Wildman–Crippen MR) is 169 cm³/mol. The summed E-state index contributed by atoms with van der Waals surface area (Å²) >= 11 is 0. The van der Waals surface area contributed by atoms with E-state index in [1.54, 1.807) is 24.3 Å². The highest BCUT2D eigenvalue weighted by molar-refractivity contribution is 6.39. The fourth-order valence-electron chi connectivity index (χ4n) is 6.94. The third kappa shape index (κ3) is 4.23. The quantitative estimate of drug-likeness (QED) is 0.114. The zero-order valence-corrected chi connectivity index (χ0v) is 24.9. The van der Waals surface area contributed by atoms with Crippen molar-refractivity contribution in [3.8, 4) is 11.5 Å². The Morgan fingerprint density at radius 2 is 1.56 bits per heavy atom. The first-order chi connectivity index (χ1) is 23.1. The van der Waals surface area contributed by atoms with Crippen molar-refractivity contribution in [2.45, 2.75) is 43.8 Å². The molecule has 2 aliphatic rings. The maximum atomic E-state index is 14.4. The van der Waals surface area contributed by atoms with Gasteiger partial charge in [0.15, 0.2) is 6.23 Å². The van der Waals surface area contributed by atoms with Crippen LogP contribution in [-0.2, 0) is 17.9 Å². The van der Waals surface area contributed by atoms with Crippen LogP contribution >= 0.6 is 0 Å². The number of nitrogens with one attached hydrogen (secondary N) is 2. The molecule has 9 N–H and O–H groups in total. The number of aromatic hydroxyl groups is 2. The van der Waals surface area contributed by atoms with Crippen molar-refractivity contribution < 1.29 is 50.1 Å². The summed E-state index contributed by atoms with van der Waals surface area (Å²) < 4.78 is 7.45. The van der Waals surface area contributed by atoms with Crippen LogP contribution in [0.15, 0.2) is 54.7 Å². The molecule has 0 bridgehead atoms. The lowest BCUT2D eigenvalue weighted by Gasteiger charge is -2.41. The zero-order chi connectivity index (χ0) is 33.6. The lowest BCUT2D eigenvalue weighted by Crippen LogP contribution is -2.56. The number of amides is 2. The number of hydrazine groups is 1. The van der Waals surface area contributed by atoms with Crippen molar-refractivity contribution in [2.24, 2.45) is 0 Å². The van der Waals surface area contributed by atoms with E-state index < -0.39 is 49.1 Å². The van der Waals surface area contributed by atoms with Gasteiger partial charge in [0, 0.05) is 46.4 Å². The second kappa shape index (κ2) is 11.0. The van der Waals surface area contributed by atoms with Crippen LogP contribution in [0.2, 0.25) is 0 Å². The number of carbonyl (C=O) groups is 2. The van der Waals surface area contributed by atoms with Crippen LogP contribution in [0.1, 0.15) is 38.2 Å². The molecule has 15 heteroatoms. The first kappa shape index (κ1) is 30.2. The molecule has 2 aliphatic heterocycles. The Balaban J connectivity index is 1.42. The molecule has 3 aromatic heterocycles. The molecule has 15 nitrogen and oxygen atoms in total. The summed E-state index contributed by atoms with van der Waals surface area (Å²) in [5, 5.41) is 75.2. The van der Waals surface area contributed by atoms with Gasteiger partial charge in [-0.3, -0.25) is 14.6 Å². The highest BCUT2D eigenvalue weighted by atomic mass is 16.6. The van der Waals surface area contributed by atoms with E-state index in [0.717, 1.165) is 5.01 Å². The lowest BCUT2D eigenvalue weighted by atomic mass is 9.96. The Morgan fingerprint density at radius 3 is 2.25 bits per heavy atom. The van der Waals surface area contributed by atoms with Crippen LogP contribution in [0.3, 0.4) is 0 Å². The third-order valence-electron chi connectivity index (χ3n) is 9.20. The highest BCUT2D eigenvalue weighted by Gasteiger charge is 2.47. The van der Waals surface area contributed by atoms with Gasteiger partial charge in [0.1, 0.15) is 35.9 Å². The molecule has 3 aromatic carbocycles. The molecule has 5 atom stereocenters. The van der Waals surface area contributed by atoms with Crippen molar-refractivity contribution in [1.29, 1.82) is 0 Å². The number of phenolic OH excluding ortho intramolecular Hbond substituents is 2. The van der Waals surface area contributed by atoms with Gasteiger partial charge in [-0.05, 0) is 35.9 Å². The molecular formula is C33H29N5O10. The molecule has 2 amide bonds. The normalized spacial score (nSPS) is 22.9.